The van der Waals surface area contributed by atoms with Crippen LogP contribution in [0.1, 0.15) is 11.1 Å². The molecule has 0 bridgehead atoms. The van der Waals surface area contributed by atoms with Crippen molar-refractivity contribution in [3.05, 3.63) is 96.2 Å². The Bertz CT molecular complexity index is 1670. The number of primary sulfonamides is 1. The van der Waals surface area contributed by atoms with Gasteiger partial charge in [0.05, 0.1) is 16.8 Å². The Morgan fingerprint density at radius 2 is 1.71 bits per heavy atom. The maximum absolute atomic E-state index is 11.3. The molecule has 0 saturated heterocycles. The first kappa shape index (κ1) is 25.2. The smallest absolute Gasteiger partial charge is 0.229 e. The highest BCUT2D eigenvalue weighted by molar-refractivity contribution is 7.88. The summed E-state index contributed by atoms with van der Waals surface area (Å²) in [6.07, 6.45) is 1.68. The van der Waals surface area contributed by atoms with Gasteiger partial charge in [0, 0.05) is 38.2 Å². The summed E-state index contributed by atoms with van der Waals surface area (Å²) in [6.45, 7) is 0.691. The number of nitrogens with two attached hydrogens (primary N) is 1. The number of anilines is 5. The molecule has 0 spiro atoms. The summed E-state index contributed by atoms with van der Waals surface area (Å²) >= 11 is 0. The summed E-state index contributed by atoms with van der Waals surface area (Å²) in [5.41, 5.74) is 5.35. The van der Waals surface area contributed by atoms with E-state index in [-0.39, 0.29) is 5.75 Å². The fourth-order valence-corrected chi connectivity index (χ4v) is 4.76. The number of nitrogens with zero attached hydrogens (tertiary/aromatic N) is 5. The third-order valence-electron chi connectivity index (χ3n) is 6.11. The molecule has 5 rings (SSSR count). The number of benzene rings is 3. The average molecular weight is 529 g/mol. The molecule has 0 fully saturated rings. The average Bonchev–Trinajstić information content (AvgIpc) is 3.22. The quantitative estimate of drug-likeness (QED) is 0.258. The zero-order valence-corrected chi connectivity index (χ0v) is 21.9. The molecule has 194 valence electrons. The summed E-state index contributed by atoms with van der Waals surface area (Å²) in [5.74, 6) is 1.70. The molecule has 2 aromatic heterocycles. The molecule has 0 saturated carbocycles. The summed E-state index contributed by atoms with van der Waals surface area (Å²) in [5, 5.41) is 11.7. The number of rotatable bonds is 9. The third kappa shape index (κ3) is 5.90. The number of hydrogen-bond acceptors (Lipinski definition) is 8. The minimum atomic E-state index is -3.58. The van der Waals surface area contributed by atoms with Crippen LogP contribution in [0, 0.1) is 0 Å². The molecule has 0 amide bonds. The standard InChI is InChI=1S/C27H28N8O2S/c1-34(25-14-15-29-26(33-25)31-21-10-8-20(9-11-21)18-38(28,36)37)22-12-13-24-23(16-22)32-27(35(24)2)30-17-19-6-4-3-5-7-19/h3-16H,17-18H2,1-2H3,(H,30,32)(H2,28,36,37)(H,29,31,33). The van der Waals surface area contributed by atoms with Crippen LogP contribution < -0.4 is 20.7 Å². The minimum absolute atomic E-state index is 0.213. The number of aromatic nitrogens is 4. The fourth-order valence-electron chi connectivity index (χ4n) is 4.11. The zero-order valence-electron chi connectivity index (χ0n) is 21.0. The van der Waals surface area contributed by atoms with Crippen molar-refractivity contribution in [1.82, 2.24) is 19.5 Å². The maximum Gasteiger partial charge on any atom is 0.229 e. The SMILES string of the molecule is CN(c1ccc2c(c1)nc(NCc1ccccc1)n2C)c1ccnc(Nc2ccc(CS(N)(=O)=O)cc2)n1. The van der Waals surface area contributed by atoms with Crippen LogP contribution in [0.3, 0.4) is 0 Å². The Balaban J connectivity index is 1.31. The van der Waals surface area contributed by atoms with E-state index >= 15 is 0 Å². The van der Waals surface area contributed by atoms with Crippen LogP contribution in [0.4, 0.5) is 29.1 Å². The van der Waals surface area contributed by atoms with Gasteiger partial charge in [-0.15, -0.1) is 0 Å². The van der Waals surface area contributed by atoms with Gasteiger partial charge in [0.1, 0.15) is 5.82 Å². The van der Waals surface area contributed by atoms with Crippen molar-refractivity contribution >= 4 is 50.1 Å². The Kier molecular flexibility index (Phi) is 6.95. The molecule has 0 atom stereocenters. The van der Waals surface area contributed by atoms with Crippen LogP contribution in [-0.4, -0.2) is 35.0 Å². The Morgan fingerprint density at radius 3 is 2.45 bits per heavy atom. The van der Waals surface area contributed by atoms with E-state index in [2.05, 4.69) is 32.7 Å². The van der Waals surface area contributed by atoms with Crippen LogP contribution >= 0.6 is 0 Å². The molecule has 0 aliphatic carbocycles. The van der Waals surface area contributed by atoms with Gasteiger partial charge in [0.15, 0.2) is 0 Å². The first-order valence-electron chi connectivity index (χ1n) is 11.9. The first-order valence-corrected chi connectivity index (χ1v) is 13.6. The van der Waals surface area contributed by atoms with Crippen molar-refractivity contribution in [3.8, 4) is 0 Å². The second-order valence-electron chi connectivity index (χ2n) is 8.93. The zero-order chi connectivity index (χ0) is 26.7. The number of hydrogen-bond donors (Lipinski definition) is 3. The molecule has 5 aromatic rings. The largest absolute Gasteiger partial charge is 0.352 e. The van der Waals surface area contributed by atoms with E-state index < -0.39 is 10.0 Å². The molecular formula is C27H28N8O2S. The van der Waals surface area contributed by atoms with Crippen LogP contribution in [-0.2, 0) is 29.4 Å². The van der Waals surface area contributed by atoms with Gasteiger partial charge < -0.3 is 20.1 Å². The van der Waals surface area contributed by atoms with Crippen molar-refractivity contribution in [2.75, 3.05) is 22.6 Å². The molecule has 10 nitrogen and oxygen atoms in total. The highest BCUT2D eigenvalue weighted by Crippen LogP contribution is 2.28. The Morgan fingerprint density at radius 1 is 0.947 bits per heavy atom. The number of sulfonamides is 1. The monoisotopic (exact) mass is 528 g/mol. The van der Waals surface area contributed by atoms with Gasteiger partial charge in [-0.25, -0.2) is 23.5 Å². The molecule has 4 N–H and O–H groups in total. The predicted molar refractivity (Wildman–Crippen MR) is 151 cm³/mol. The number of aryl methyl sites for hydroxylation is 1. The van der Waals surface area contributed by atoms with E-state index in [0.29, 0.717) is 23.9 Å². The van der Waals surface area contributed by atoms with Crippen LogP contribution in [0.2, 0.25) is 0 Å². The molecule has 0 radical (unpaired) electrons. The predicted octanol–water partition coefficient (Wildman–Crippen LogP) is 4.28. The lowest BCUT2D eigenvalue weighted by Crippen LogP contribution is -2.14. The lowest BCUT2D eigenvalue weighted by atomic mass is 10.2. The molecule has 0 unspecified atom stereocenters. The molecule has 2 heterocycles. The van der Waals surface area contributed by atoms with Crippen molar-refractivity contribution in [1.29, 1.82) is 0 Å². The van der Waals surface area contributed by atoms with Crippen molar-refractivity contribution in [3.63, 3.8) is 0 Å². The Hall–Kier alpha value is -4.48. The highest BCUT2D eigenvalue weighted by Gasteiger charge is 2.13. The minimum Gasteiger partial charge on any atom is -0.352 e. The number of fused-ring (bicyclic) bond motifs is 1. The molecular weight excluding hydrogens is 500 g/mol. The second kappa shape index (κ2) is 10.5. The highest BCUT2D eigenvalue weighted by atomic mass is 32.2. The van der Waals surface area contributed by atoms with Gasteiger partial charge in [0.2, 0.25) is 21.9 Å². The van der Waals surface area contributed by atoms with Crippen molar-refractivity contribution < 1.29 is 8.42 Å². The van der Waals surface area contributed by atoms with Gasteiger partial charge in [-0.1, -0.05) is 42.5 Å². The summed E-state index contributed by atoms with van der Waals surface area (Å²) in [4.78, 5) is 15.7. The number of nitrogens with one attached hydrogen (secondary N) is 2. The van der Waals surface area contributed by atoms with Gasteiger partial charge >= 0.3 is 0 Å². The normalized spacial score (nSPS) is 11.4. The van der Waals surface area contributed by atoms with Crippen molar-refractivity contribution in [2.45, 2.75) is 12.3 Å². The van der Waals surface area contributed by atoms with Gasteiger partial charge in [0.25, 0.3) is 0 Å². The lowest BCUT2D eigenvalue weighted by Gasteiger charge is -2.19. The fraction of sp³-hybridized carbons (Fsp3) is 0.148. The van der Waals surface area contributed by atoms with E-state index in [4.69, 9.17) is 10.1 Å². The van der Waals surface area contributed by atoms with Gasteiger partial charge in [-0.3, -0.25) is 0 Å². The molecule has 0 aliphatic heterocycles. The van der Waals surface area contributed by atoms with Crippen LogP contribution in [0.5, 0.6) is 0 Å². The first-order chi connectivity index (χ1) is 18.2. The summed E-state index contributed by atoms with van der Waals surface area (Å²) in [6, 6.07) is 25.1. The molecule has 11 heteroatoms. The topological polar surface area (TPSA) is 131 Å². The van der Waals surface area contributed by atoms with Crippen LogP contribution in [0.15, 0.2) is 85.1 Å². The summed E-state index contributed by atoms with van der Waals surface area (Å²) < 4.78 is 24.6. The van der Waals surface area contributed by atoms with Crippen molar-refractivity contribution in [2.24, 2.45) is 12.2 Å². The van der Waals surface area contributed by atoms with E-state index in [1.807, 2.05) is 66.0 Å². The van der Waals surface area contributed by atoms with Gasteiger partial charge in [-0.05, 0) is 47.5 Å². The molecule has 3 aromatic carbocycles. The van der Waals surface area contributed by atoms with E-state index in [1.54, 1.807) is 30.5 Å². The maximum atomic E-state index is 11.3. The molecule has 38 heavy (non-hydrogen) atoms. The summed E-state index contributed by atoms with van der Waals surface area (Å²) in [7, 11) is 0.353. The third-order valence-corrected chi connectivity index (χ3v) is 6.84. The van der Waals surface area contributed by atoms with E-state index in [9.17, 15) is 8.42 Å². The van der Waals surface area contributed by atoms with Crippen LogP contribution in [0.25, 0.3) is 11.0 Å². The van der Waals surface area contributed by atoms with Gasteiger partial charge in [-0.2, -0.15) is 4.98 Å². The lowest BCUT2D eigenvalue weighted by molar-refractivity contribution is 0.597. The van der Waals surface area contributed by atoms with E-state index in [1.165, 1.54) is 5.56 Å². The Labute approximate surface area is 221 Å². The molecule has 0 aliphatic rings. The number of imidazole rings is 1. The second-order valence-corrected chi connectivity index (χ2v) is 10.5. The van der Waals surface area contributed by atoms with E-state index in [0.717, 1.165) is 28.4 Å².